The van der Waals surface area contributed by atoms with Crippen molar-refractivity contribution in [2.24, 2.45) is 0 Å². The number of para-hydroxylation sites is 1. The Balaban J connectivity index is 1.97. The molecule has 1 aromatic rings. The van der Waals surface area contributed by atoms with Crippen LogP contribution in [0.5, 0.6) is 5.75 Å². The van der Waals surface area contributed by atoms with Gasteiger partial charge in [0.05, 0.1) is 0 Å². The number of hydrogen-bond acceptors (Lipinski definition) is 5. The van der Waals surface area contributed by atoms with E-state index in [-0.39, 0.29) is 18.9 Å². The van der Waals surface area contributed by atoms with Crippen LogP contribution in [0.3, 0.4) is 0 Å². The highest BCUT2D eigenvalue weighted by Gasteiger charge is 2.21. The molecule has 2 rings (SSSR count). The van der Waals surface area contributed by atoms with E-state index in [2.05, 4.69) is 0 Å². The molecule has 0 bridgehead atoms. The largest absolute Gasteiger partial charge is 0.467 e. The first kappa shape index (κ1) is 16.5. The highest BCUT2D eigenvalue weighted by atomic mass is 16.7. The minimum Gasteiger partial charge on any atom is -0.467 e. The van der Waals surface area contributed by atoms with E-state index in [0.717, 1.165) is 25.7 Å². The number of Topliss-reactive ketones (excluding diaryl/α,β-unsaturated/α-hetero) is 1. The summed E-state index contributed by atoms with van der Waals surface area (Å²) in [5, 5.41) is 0. The predicted molar refractivity (Wildman–Crippen MR) is 80.9 cm³/mol. The number of methoxy groups -OCH3 is 1. The smallest absolute Gasteiger partial charge is 0.342 e. The van der Waals surface area contributed by atoms with Crippen molar-refractivity contribution in [2.45, 2.75) is 44.6 Å². The van der Waals surface area contributed by atoms with Gasteiger partial charge in [-0.3, -0.25) is 4.79 Å². The predicted octanol–water partition coefficient (Wildman–Crippen LogP) is 3.12. The van der Waals surface area contributed by atoms with Crippen LogP contribution in [0.4, 0.5) is 0 Å². The summed E-state index contributed by atoms with van der Waals surface area (Å²) in [6.07, 6.45) is 4.06. The van der Waals surface area contributed by atoms with Crippen molar-refractivity contribution in [2.75, 3.05) is 13.9 Å². The zero-order valence-corrected chi connectivity index (χ0v) is 12.9. The molecule has 0 amide bonds. The highest BCUT2D eigenvalue weighted by Crippen LogP contribution is 2.23. The number of benzene rings is 1. The fourth-order valence-corrected chi connectivity index (χ4v) is 2.54. The first-order valence-electron chi connectivity index (χ1n) is 7.64. The molecule has 22 heavy (non-hydrogen) atoms. The van der Waals surface area contributed by atoms with Gasteiger partial charge in [-0.05, 0) is 37.8 Å². The quantitative estimate of drug-likeness (QED) is 0.618. The molecule has 0 aliphatic heterocycles. The zero-order chi connectivity index (χ0) is 15.8. The van der Waals surface area contributed by atoms with Gasteiger partial charge in [0.2, 0.25) is 0 Å². The molecule has 5 nitrogen and oxygen atoms in total. The molecule has 0 saturated heterocycles. The van der Waals surface area contributed by atoms with Crippen LogP contribution < -0.4 is 4.74 Å². The molecular weight excluding hydrogens is 284 g/mol. The van der Waals surface area contributed by atoms with Crippen LogP contribution in [-0.2, 0) is 14.3 Å². The lowest BCUT2D eigenvalue weighted by atomic mass is 9.97. The van der Waals surface area contributed by atoms with Gasteiger partial charge in [-0.2, -0.15) is 0 Å². The van der Waals surface area contributed by atoms with Gasteiger partial charge >= 0.3 is 5.97 Å². The summed E-state index contributed by atoms with van der Waals surface area (Å²) in [7, 11) is 1.52. The van der Waals surface area contributed by atoms with Crippen LogP contribution >= 0.6 is 0 Å². The molecule has 1 saturated carbocycles. The summed E-state index contributed by atoms with van der Waals surface area (Å²) >= 11 is 0. The third-order valence-electron chi connectivity index (χ3n) is 3.68. The second-order valence-electron chi connectivity index (χ2n) is 5.40. The molecule has 1 fully saturated rings. The van der Waals surface area contributed by atoms with Crippen molar-refractivity contribution in [1.29, 1.82) is 0 Å². The Morgan fingerprint density at radius 3 is 2.55 bits per heavy atom. The van der Waals surface area contributed by atoms with Crippen LogP contribution in [0.15, 0.2) is 24.3 Å². The summed E-state index contributed by atoms with van der Waals surface area (Å²) in [4.78, 5) is 23.7. The van der Waals surface area contributed by atoms with E-state index in [1.165, 1.54) is 7.11 Å². The summed E-state index contributed by atoms with van der Waals surface area (Å²) in [5.74, 6) is 0.377. The first-order valence-corrected chi connectivity index (χ1v) is 7.64. The number of carbonyl (C=O) groups excluding carboxylic acids is 2. The van der Waals surface area contributed by atoms with Gasteiger partial charge in [0.15, 0.2) is 6.79 Å². The van der Waals surface area contributed by atoms with Crippen molar-refractivity contribution >= 4 is 11.8 Å². The Bertz CT molecular complexity index is 500. The number of ether oxygens (including phenoxy) is 3. The zero-order valence-electron chi connectivity index (χ0n) is 12.9. The van der Waals surface area contributed by atoms with E-state index in [1.54, 1.807) is 24.3 Å². The SMILES string of the molecule is COCOc1ccccc1C(=O)OC1CCCC(=O)CCC1. The fraction of sp³-hybridized carbons (Fsp3) is 0.529. The Kier molecular flexibility index (Phi) is 6.40. The molecule has 0 heterocycles. The van der Waals surface area contributed by atoms with Gasteiger partial charge in [0.1, 0.15) is 23.2 Å². The molecule has 0 radical (unpaired) electrons. The first-order chi connectivity index (χ1) is 10.7. The maximum atomic E-state index is 12.3. The molecule has 120 valence electrons. The summed E-state index contributed by atoms with van der Waals surface area (Å²) in [6.45, 7) is 0.0792. The van der Waals surface area contributed by atoms with Crippen molar-refractivity contribution < 1.29 is 23.8 Å². The van der Waals surface area contributed by atoms with E-state index in [9.17, 15) is 9.59 Å². The molecule has 1 aromatic carbocycles. The van der Waals surface area contributed by atoms with Crippen LogP contribution in [0, 0.1) is 0 Å². The highest BCUT2D eigenvalue weighted by molar-refractivity contribution is 5.92. The van der Waals surface area contributed by atoms with E-state index < -0.39 is 0 Å². The summed E-state index contributed by atoms with van der Waals surface area (Å²) < 4.78 is 15.9. The number of ketones is 1. The van der Waals surface area contributed by atoms with Gasteiger partial charge in [0.25, 0.3) is 0 Å². The van der Waals surface area contributed by atoms with E-state index in [1.807, 2.05) is 0 Å². The molecule has 0 atom stereocenters. The van der Waals surface area contributed by atoms with Crippen LogP contribution in [0.1, 0.15) is 48.9 Å². The molecule has 0 spiro atoms. The Hall–Kier alpha value is -1.88. The summed E-state index contributed by atoms with van der Waals surface area (Å²) in [5.41, 5.74) is 0.401. The molecule has 0 N–H and O–H groups in total. The number of carbonyl (C=O) groups is 2. The van der Waals surface area contributed by atoms with Crippen molar-refractivity contribution in [3.63, 3.8) is 0 Å². The maximum Gasteiger partial charge on any atom is 0.342 e. The van der Waals surface area contributed by atoms with Gasteiger partial charge in [-0.15, -0.1) is 0 Å². The Labute approximate surface area is 130 Å². The lowest BCUT2D eigenvalue weighted by Gasteiger charge is -2.20. The lowest BCUT2D eigenvalue weighted by molar-refractivity contribution is -0.119. The Morgan fingerprint density at radius 1 is 1.18 bits per heavy atom. The molecule has 5 heteroatoms. The van der Waals surface area contributed by atoms with E-state index in [4.69, 9.17) is 14.2 Å². The minimum atomic E-state index is -0.386. The average molecular weight is 306 g/mol. The van der Waals surface area contributed by atoms with Gasteiger partial charge < -0.3 is 14.2 Å². The topological polar surface area (TPSA) is 61.8 Å². The third-order valence-corrected chi connectivity index (χ3v) is 3.68. The second-order valence-corrected chi connectivity index (χ2v) is 5.40. The normalized spacial score (nSPS) is 16.7. The van der Waals surface area contributed by atoms with Crippen LogP contribution in [0.25, 0.3) is 0 Å². The Morgan fingerprint density at radius 2 is 1.86 bits per heavy atom. The average Bonchev–Trinajstić information content (AvgIpc) is 2.50. The van der Waals surface area contributed by atoms with Crippen molar-refractivity contribution in [1.82, 2.24) is 0 Å². The van der Waals surface area contributed by atoms with Gasteiger partial charge in [-0.1, -0.05) is 12.1 Å². The maximum absolute atomic E-state index is 12.3. The second kappa shape index (κ2) is 8.54. The van der Waals surface area contributed by atoms with Gasteiger partial charge in [-0.25, -0.2) is 4.79 Å². The van der Waals surface area contributed by atoms with E-state index >= 15 is 0 Å². The standard InChI is InChI=1S/C17H22O5/c1-20-12-21-16-11-3-2-10-15(16)17(19)22-14-8-4-6-13(18)7-5-9-14/h2-3,10-11,14H,4-9,12H2,1H3. The van der Waals surface area contributed by atoms with Crippen molar-refractivity contribution in [3.8, 4) is 5.75 Å². The van der Waals surface area contributed by atoms with Gasteiger partial charge in [0, 0.05) is 20.0 Å². The lowest BCUT2D eigenvalue weighted by Crippen LogP contribution is -2.21. The molecule has 0 aromatic heterocycles. The van der Waals surface area contributed by atoms with E-state index in [0.29, 0.717) is 29.9 Å². The number of esters is 1. The third kappa shape index (κ3) is 4.84. The monoisotopic (exact) mass is 306 g/mol. The number of hydrogen-bond donors (Lipinski definition) is 0. The van der Waals surface area contributed by atoms with Crippen molar-refractivity contribution in [3.05, 3.63) is 29.8 Å². The molecule has 0 unspecified atom stereocenters. The number of rotatable bonds is 5. The van der Waals surface area contributed by atoms with Crippen LogP contribution in [-0.4, -0.2) is 31.8 Å². The van der Waals surface area contributed by atoms with Crippen LogP contribution in [0.2, 0.25) is 0 Å². The molecular formula is C17H22O5. The minimum absolute atomic E-state index is 0.0792. The summed E-state index contributed by atoms with van der Waals surface area (Å²) in [6, 6.07) is 6.96. The molecule has 1 aliphatic rings. The fourth-order valence-electron chi connectivity index (χ4n) is 2.54. The molecule has 1 aliphatic carbocycles.